The molecule has 22 heavy (non-hydrogen) atoms. The van der Waals surface area contributed by atoms with Gasteiger partial charge in [-0.05, 0) is 31.2 Å². The molecule has 2 aliphatic heterocycles. The van der Waals surface area contributed by atoms with Gasteiger partial charge in [0.25, 0.3) is 0 Å². The molecule has 2 saturated heterocycles. The summed E-state index contributed by atoms with van der Waals surface area (Å²) < 4.78 is 5.23. The van der Waals surface area contributed by atoms with E-state index in [9.17, 15) is 9.59 Å². The van der Waals surface area contributed by atoms with E-state index in [1.54, 1.807) is 0 Å². The number of ether oxygens (including phenoxy) is 1. The van der Waals surface area contributed by atoms with Crippen LogP contribution in [0.3, 0.4) is 0 Å². The average Bonchev–Trinajstić information content (AvgIpc) is 2.85. The van der Waals surface area contributed by atoms with Gasteiger partial charge >= 0.3 is 6.09 Å². The van der Waals surface area contributed by atoms with Gasteiger partial charge in [0.05, 0.1) is 0 Å². The molecule has 2 atom stereocenters. The Morgan fingerprint density at radius 3 is 2.45 bits per heavy atom. The van der Waals surface area contributed by atoms with Gasteiger partial charge in [-0.3, -0.25) is 4.79 Å². The first kappa shape index (κ1) is 15.2. The van der Waals surface area contributed by atoms with Gasteiger partial charge in [-0.1, -0.05) is 30.3 Å². The highest BCUT2D eigenvalue weighted by molar-refractivity contribution is 8.00. The second-order valence-corrected chi connectivity index (χ2v) is 7.60. The molecule has 6 heteroatoms. The number of hydrogen-bond acceptors (Lipinski definition) is 4. The van der Waals surface area contributed by atoms with Crippen LogP contribution >= 0.6 is 11.8 Å². The zero-order chi connectivity index (χ0) is 15.6. The molecule has 1 aromatic carbocycles. The Balaban J connectivity index is 1.62. The van der Waals surface area contributed by atoms with Crippen molar-refractivity contribution in [1.29, 1.82) is 0 Å². The Morgan fingerprint density at radius 2 is 1.86 bits per heavy atom. The minimum atomic E-state index is -0.954. The average molecular weight is 320 g/mol. The van der Waals surface area contributed by atoms with Gasteiger partial charge in [-0.25, -0.2) is 4.79 Å². The van der Waals surface area contributed by atoms with E-state index in [2.05, 4.69) is 5.32 Å². The highest BCUT2D eigenvalue weighted by atomic mass is 32.2. The van der Waals surface area contributed by atoms with Crippen LogP contribution in [0.15, 0.2) is 30.3 Å². The first-order chi connectivity index (χ1) is 10.6. The third kappa shape index (κ3) is 3.21. The molecule has 0 saturated carbocycles. The molecule has 3 N–H and O–H groups in total. The van der Waals surface area contributed by atoms with Crippen molar-refractivity contribution in [2.45, 2.75) is 48.3 Å². The molecule has 5 nitrogen and oxygen atoms in total. The van der Waals surface area contributed by atoms with Gasteiger partial charge in [0.1, 0.15) is 12.1 Å². The van der Waals surface area contributed by atoms with Crippen molar-refractivity contribution in [3.8, 4) is 0 Å². The number of primary amides is 1. The molecule has 3 rings (SSSR count). The summed E-state index contributed by atoms with van der Waals surface area (Å²) in [7, 11) is 0. The van der Waals surface area contributed by atoms with Crippen LogP contribution in [0.5, 0.6) is 0 Å². The maximum atomic E-state index is 12.1. The number of alkyl carbamates (subject to hydrolysis) is 1. The van der Waals surface area contributed by atoms with Gasteiger partial charge in [0, 0.05) is 10.5 Å². The SMILES string of the molecule is NC(=O)C1(NC(=O)OCc2ccccc2)CC2CCC(C1)S2. The van der Waals surface area contributed by atoms with E-state index in [4.69, 9.17) is 10.5 Å². The Hall–Kier alpha value is -1.69. The monoisotopic (exact) mass is 320 g/mol. The van der Waals surface area contributed by atoms with Crippen LogP contribution in [-0.4, -0.2) is 28.0 Å². The molecule has 0 aliphatic carbocycles. The van der Waals surface area contributed by atoms with Gasteiger partial charge in [0.15, 0.2) is 0 Å². The maximum absolute atomic E-state index is 12.1. The molecule has 2 aliphatic rings. The molecular weight excluding hydrogens is 300 g/mol. The van der Waals surface area contributed by atoms with Crippen molar-refractivity contribution < 1.29 is 14.3 Å². The number of carbonyl (C=O) groups excluding carboxylic acids is 2. The van der Waals surface area contributed by atoms with E-state index < -0.39 is 17.5 Å². The van der Waals surface area contributed by atoms with E-state index in [1.165, 1.54) is 0 Å². The van der Waals surface area contributed by atoms with Crippen LogP contribution in [0.4, 0.5) is 4.79 Å². The number of nitrogens with two attached hydrogens (primary N) is 1. The van der Waals surface area contributed by atoms with Crippen LogP contribution in [0.25, 0.3) is 0 Å². The molecule has 2 heterocycles. The van der Waals surface area contributed by atoms with Crippen LogP contribution in [0.1, 0.15) is 31.2 Å². The molecule has 1 aromatic rings. The molecular formula is C16H20N2O3S. The topological polar surface area (TPSA) is 81.4 Å². The first-order valence-corrected chi connectivity index (χ1v) is 8.46. The summed E-state index contributed by atoms with van der Waals surface area (Å²) in [5.41, 5.74) is 5.55. The van der Waals surface area contributed by atoms with E-state index in [-0.39, 0.29) is 6.61 Å². The van der Waals surface area contributed by atoms with E-state index in [1.807, 2.05) is 42.1 Å². The fourth-order valence-corrected chi connectivity index (χ4v) is 5.11. The highest BCUT2D eigenvalue weighted by Crippen LogP contribution is 2.47. The first-order valence-electron chi connectivity index (χ1n) is 7.52. The molecule has 2 bridgehead atoms. The number of carbonyl (C=O) groups is 2. The minimum Gasteiger partial charge on any atom is -0.445 e. The number of nitrogens with one attached hydrogen (secondary N) is 1. The van der Waals surface area contributed by atoms with Crippen molar-refractivity contribution in [2.24, 2.45) is 5.73 Å². The largest absolute Gasteiger partial charge is 0.445 e. The molecule has 118 valence electrons. The van der Waals surface area contributed by atoms with Gasteiger partial charge in [-0.2, -0.15) is 11.8 Å². The molecule has 2 fully saturated rings. The van der Waals surface area contributed by atoms with Crippen molar-refractivity contribution in [3.63, 3.8) is 0 Å². The van der Waals surface area contributed by atoms with E-state index in [0.29, 0.717) is 23.3 Å². The smallest absolute Gasteiger partial charge is 0.408 e. The summed E-state index contributed by atoms with van der Waals surface area (Å²) in [6.45, 7) is 0.184. The fraction of sp³-hybridized carbons (Fsp3) is 0.500. The van der Waals surface area contributed by atoms with Crippen LogP contribution in [0, 0.1) is 0 Å². The van der Waals surface area contributed by atoms with Crippen LogP contribution in [0.2, 0.25) is 0 Å². The summed E-state index contributed by atoms with van der Waals surface area (Å²) in [5.74, 6) is -0.457. The number of benzene rings is 1. The second-order valence-electron chi connectivity index (χ2n) is 6.00. The summed E-state index contributed by atoms with van der Waals surface area (Å²) in [4.78, 5) is 24.0. The zero-order valence-corrected chi connectivity index (χ0v) is 13.1. The zero-order valence-electron chi connectivity index (χ0n) is 12.3. The second kappa shape index (κ2) is 6.20. The summed E-state index contributed by atoms with van der Waals surface area (Å²) in [5, 5.41) is 3.56. The van der Waals surface area contributed by atoms with Crippen molar-refractivity contribution in [3.05, 3.63) is 35.9 Å². The van der Waals surface area contributed by atoms with Gasteiger partial charge < -0.3 is 15.8 Å². The molecule has 0 radical (unpaired) electrons. The third-order valence-corrected chi connectivity index (χ3v) is 5.95. The lowest BCUT2D eigenvalue weighted by atomic mass is 9.88. The molecule has 2 amide bonds. The molecule has 0 aromatic heterocycles. The summed E-state index contributed by atoms with van der Waals surface area (Å²) >= 11 is 1.91. The fourth-order valence-electron chi connectivity index (χ4n) is 3.26. The lowest BCUT2D eigenvalue weighted by molar-refractivity contribution is -0.124. The number of hydrogen-bond donors (Lipinski definition) is 2. The Bertz CT molecular complexity index is 552. The molecule has 2 unspecified atom stereocenters. The third-order valence-electron chi connectivity index (χ3n) is 4.37. The lowest BCUT2D eigenvalue weighted by Gasteiger charge is -2.37. The van der Waals surface area contributed by atoms with E-state index in [0.717, 1.165) is 18.4 Å². The van der Waals surface area contributed by atoms with Crippen LogP contribution in [-0.2, 0) is 16.1 Å². The predicted octanol–water partition coefficient (Wildman–Crippen LogP) is 2.19. The van der Waals surface area contributed by atoms with Crippen LogP contribution < -0.4 is 11.1 Å². The standard InChI is InChI=1S/C16H20N2O3S/c17-14(19)16(8-12-6-7-13(9-16)22-12)18-15(20)21-10-11-4-2-1-3-5-11/h1-5,12-13H,6-10H2,(H2,17,19)(H,18,20). The lowest BCUT2D eigenvalue weighted by Crippen LogP contribution is -2.60. The quantitative estimate of drug-likeness (QED) is 0.891. The van der Waals surface area contributed by atoms with Crippen molar-refractivity contribution >= 4 is 23.8 Å². The van der Waals surface area contributed by atoms with Crippen molar-refractivity contribution in [1.82, 2.24) is 5.32 Å². The Labute approximate surface area is 134 Å². The summed E-state index contributed by atoms with van der Waals surface area (Å²) in [6.07, 6.45) is 2.80. The normalized spacial score (nSPS) is 29.8. The van der Waals surface area contributed by atoms with Gasteiger partial charge in [-0.15, -0.1) is 0 Å². The highest BCUT2D eigenvalue weighted by Gasteiger charge is 2.49. The van der Waals surface area contributed by atoms with Crippen molar-refractivity contribution in [2.75, 3.05) is 0 Å². The molecule has 0 spiro atoms. The van der Waals surface area contributed by atoms with E-state index >= 15 is 0 Å². The maximum Gasteiger partial charge on any atom is 0.408 e. The minimum absolute atomic E-state index is 0.184. The number of thioether (sulfide) groups is 1. The number of amides is 2. The number of rotatable bonds is 4. The Morgan fingerprint density at radius 1 is 1.23 bits per heavy atom. The predicted molar refractivity (Wildman–Crippen MR) is 85.3 cm³/mol. The van der Waals surface area contributed by atoms with Gasteiger partial charge in [0.2, 0.25) is 5.91 Å². The number of fused-ring (bicyclic) bond motifs is 2. The Kier molecular flexibility index (Phi) is 4.29. The summed E-state index contributed by atoms with van der Waals surface area (Å²) in [6, 6.07) is 9.44.